The largest absolute Gasteiger partial charge is 0.494 e. The number of aliphatic hydroxyl groups is 1. The van der Waals surface area contributed by atoms with Crippen molar-refractivity contribution in [1.82, 2.24) is 0 Å². The fourth-order valence-electron chi connectivity index (χ4n) is 2.67. The molecule has 2 aromatic carbocycles. The highest BCUT2D eigenvalue weighted by Crippen LogP contribution is 2.43. The van der Waals surface area contributed by atoms with E-state index >= 15 is 0 Å². The van der Waals surface area contributed by atoms with E-state index in [0.29, 0.717) is 13.2 Å². The molecule has 0 amide bonds. The number of aliphatic hydroxyl groups excluding tert-OH is 1. The minimum Gasteiger partial charge on any atom is -0.494 e. The molecule has 2 unspecified atom stereocenters. The highest BCUT2D eigenvalue weighted by Gasteiger charge is 2.31. The van der Waals surface area contributed by atoms with Gasteiger partial charge in [0.1, 0.15) is 11.5 Å². The first kappa shape index (κ1) is 14.4. The molecule has 1 aliphatic rings. The highest BCUT2D eigenvalue weighted by atomic mass is 79.9. The fourth-order valence-corrected chi connectivity index (χ4v) is 3.26. The predicted molar refractivity (Wildman–Crippen MR) is 84.9 cm³/mol. The zero-order valence-electron chi connectivity index (χ0n) is 11.8. The molecule has 21 heavy (non-hydrogen) atoms. The highest BCUT2D eigenvalue weighted by molar-refractivity contribution is 9.10. The molecule has 1 aliphatic heterocycles. The van der Waals surface area contributed by atoms with Crippen LogP contribution in [-0.2, 0) is 0 Å². The van der Waals surface area contributed by atoms with Gasteiger partial charge in [0, 0.05) is 10.0 Å². The Balaban J connectivity index is 1.88. The van der Waals surface area contributed by atoms with Gasteiger partial charge in [-0.25, -0.2) is 0 Å². The van der Waals surface area contributed by atoms with Gasteiger partial charge in [-0.05, 0) is 30.7 Å². The molecule has 3 rings (SSSR count). The molecule has 0 aliphatic carbocycles. The third-order valence-corrected chi connectivity index (χ3v) is 4.41. The summed E-state index contributed by atoms with van der Waals surface area (Å²) in [4.78, 5) is 0. The molecule has 0 saturated heterocycles. The standard InChI is InChI=1S/C17H17BrO3/c1-2-20-11-7-8-13(15(18)9-11)17(19)14-10-21-16-6-4-3-5-12(14)16/h3-9,14,17,19H,2,10H2,1H3. The average Bonchev–Trinajstić information content (AvgIpc) is 2.91. The van der Waals surface area contributed by atoms with Gasteiger partial charge in [0.05, 0.1) is 25.2 Å². The van der Waals surface area contributed by atoms with Crippen LogP contribution in [0.4, 0.5) is 0 Å². The number of benzene rings is 2. The quantitative estimate of drug-likeness (QED) is 0.905. The molecule has 1 N–H and O–H groups in total. The van der Waals surface area contributed by atoms with Crippen LogP contribution in [0.3, 0.4) is 0 Å². The lowest BCUT2D eigenvalue weighted by atomic mass is 9.91. The van der Waals surface area contributed by atoms with Gasteiger partial charge < -0.3 is 14.6 Å². The van der Waals surface area contributed by atoms with E-state index in [1.54, 1.807) is 0 Å². The molecule has 2 atom stereocenters. The maximum Gasteiger partial charge on any atom is 0.123 e. The number of ether oxygens (including phenoxy) is 2. The van der Waals surface area contributed by atoms with Gasteiger partial charge in [-0.15, -0.1) is 0 Å². The number of hydrogen-bond donors (Lipinski definition) is 1. The molecular weight excluding hydrogens is 332 g/mol. The van der Waals surface area contributed by atoms with Gasteiger partial charge in [-0.3, -0.25) is 0 Å². The van der Waals surface area contributed by atoms with Crippen LogP contribution in [0.1, 0.15) is 30.1 Å². The number of para-hydroxylation sites is 1. The summed E-state index contributed by atoms with van der Waals surface area (Å²) in [6.45, 7) is 3.07. The Kier molecular flexibility index (Phi) is 4.17. The normalized spacial score (nSPS) is 18.0. The molecule has 0 radical (unpaired) electrons. The van der Waals surface area contributed by atoms with Gasteiger partial charge in [0.15, 0.2) is 0 Å². The Labute approximate surface area is 132 Å². The van der Waals surface area contributed by atoms with Crippen molar-refractivity contribution >= 4 is 15.9 Å². The molecule has 4 heteroatoms. The van der Waals surface area contributed by atoms with Crippen LogP contribution in [-0.4, -0.2) is 18.3 Å². The summed E-state index contributed by atoms with van der Waals surface area (Å²) >= 11 is 3.52. The van der Waals surface area contributed by atoms with E-state index < -0.39 is 6.10 Å². The topological polar surface area (TPSA) is 38.7 Å². The summed E-state index contributed by atoms with van der Waals surface area (Å²) in [6.07, 6.45) is -0.612. The summed E-state index contributed by atoms with van der Waals surface area (Å²) in [5.74, 6) is 1.61. The Morgan fingerprint density at radius 1 is 1.33 bits per heavy atom. The van der Waals surface area contributed by atoms with Crippen molar-refractivity contribution in [3.63, 3.8) is 0 Å². The molecule has 2 aromatic rings. The lowest BCUT2D eigenvalue weighted by Gasteiger charge is -2.19. The summed E-state index contributed by atoms with van der Waals surface area (Å²) in [6, 6.07) is 13.5. The number of rotatable bonds is 4. The predicted octanol–water partition coefficient (Wildman–Crippen LogP) is 4.06. The second kappa shape index (κ2) is 6.08. The average molecular weight is 349 g/mol. The Hall–Kier alpha value is -1.52. The van der Waals surface area contributed by atoms with Crippen LogP contribution in [0.2, 0.25) is 0 Å². The fraction of sp³-hybridized carbons (Fsp3) is 0.294. The van der Waals surface area contributed by atoms with Crippen molar-refractivity contribution in [3.05, 3.63) is 58.1 Å². The second-order valence-electron chi connectivity index (χ2n) is 5.02. The molecule has 3 nitrogen and oxygen atoms in total. The zero-order valence-corrected chi connectivity index (χ0v) is 13.3. The monoisotopic (exact) mass is 348 g/mol. The van der Waals surface area contributed by atoms with E-state index in [-0.39, 0.29) is 5.92 Å². The minimum atomic E-state index is -0.612. The van der Waals surface area contributed by atoms with Crippen LogP contribution in [0.5, 0.6) is 11.5 Å². The van der Waals surface area contributed by atoms with Crippen molar-refractivity contribution in [2.45, 2.75) is 18.9 Å². The van der Waals surface area contributed by atoms with Crippen LogP contribution >= 0.6 is 15.9 Å². The van der Waals surface area contributed by atoms with Crippen molar-refractivity contribution in [3.8, 4) is 11.5 Å². The first-order valence-electron chi connectivity index (χ1n) is 7.02. The molecule has 0 bridgehead atoms. The van der Waals surface area contributed by atoms with Gasteiger partial charge >= 0.3 is 0 Å². The molecule has 0 aromatic heterocycles. The lowest BCUT2D eigenvalue weighted by molar-refractivity contribution is 0.129. The number of hydrogen-bond acceptors (Lipinski definition) is 3. The van der Waals surface area contributed by atoms with E-state index in [0.717, 1.165) is 27.1 Å². The number of fused-ring (bicyclic) bond motifs is 1. The first-order chi connectivity index (χ1) is 10.2. The third kappa shape index (κ3) is 2.78. The van der Waals surface area contributed by atoms with Crippen LogP contribution < -0.4 is 9.47 Å². The minimum absolute atomic E-state index is 0.0459. The summed E-state index contributed by atoms with van der Waals surface area (Å²) in [5.41, 5.74) is 1.91. The maximum atomic E-state index is 10.7. The van der Waals surface area contributed by atoms with E-state index in [9.17, 15) is 5.11 Å². The van der Waals surface area contributed by atoms with Gasteiger partial charge in [0.2, 0.25) is 0 Å². The Bertz CT molecular complexity index is 642. The maximum absolute atomic E-state index is 10.7. The van der Waals surface area contributed by atoms with E-state index in [1.807, 2.05) is 49.4 Å². The second-order valence-corrected chi connectivity index (χ2v) is 5.87. The van der Waals surface area contributed by atoms with Crippen molar-refractivity contribution < 1.29 is 14.6 Å². The molecular formula is C17H17BrO3. The van der Waals surface area contributed by atoms with Gasteiger partial charge in [-0.1, -0.05) is 40.2 Å². The first-order valence-corrected chi connectivity index (χ1v) is 7.82. The van der Waals surface area contributed by atoms with Gasteiger partial charge in [0.25, 0.3) is 0 Å². The molecule has 110 valence electrons. The lowest BCUT2D eigenvalue weighted by Crippen LogP contribution is -2.13. The Morgan fingerprint density at radius 3 is 2.90 bits per heavy atom. The number of halogens is 1. The zero-order chi connectivity index (χ0) is 14.8. The summed E-state index contributed by atoms with van der Waals surface area (Å²) < 4.78 is 12.0. The third-order valence-electron chi connectivity index (χ3n) is 3.72. The molecule has 0 spiro atoms. The van der Waals surface area contributed by atoms with Crippen molar-refractivity contribution in [1.29, 1.82) is 0 Å². The van der Waals surface area contributed by atoms with Crippen LogP contribution in [0, 0.1) is 0 Å². The van der Waals surface area contributed by atoms with E-state index in [1.165, 1.54) is 0 Å². The van der Waals surface area contributed by atoms with Crippen LogP contribution in [0.25, 0.3) is 0 Å². The molecule has 0 saturated carbocycles. The van der Waals surface area contributed by atoms with Crippen LogP contribution in [0.15, 0.2) is 46.9 Å². The Morgan fingerprint density at radius 2 is 2.14 bits per heavy atom. The smallest absolute Gasteiger partial charge is 0.123 e. The van der Waals surface area contributed by atoms with Crippen molar-refractivity contribution in [2.24, 2.45) is 0 Å². The summed E-state index contributed by atoms with van der Waals surface area (Å²) in [5, 5.41) is 10.7. The van der Waals surface area contributed by atoms with Crippen molar-refractivity contribution in [2.75, 3.05) is 13.2 Å². The SMILES string of the molecule is CCOc1ccc(C(O)C2COc3ccccc32)c(Br)c1. The summed E-state index contributed by atoms with van der Waals surface area (Å²) in [7, 11) is 0. The molecule has 1 heterocycles. The van der Waals surface area contributed by atoms with E-state index in [2.05, 4.69) is 15.9 Å². The van der Waals surface area contributed by atoms with Gasteiger partial charge in [-0.2, -0.15) is 0 Å². The van der Waals surface area contributed by atoms with E-state index in [4.69, 9.17) is 9.47 Å². The molecule has 0 fully saturated rings.